The van der Waals surface area contributed by atoms with Gasteiger partial charge in [-0.1, -0.05) is 29.8 Å². The molecule has 2 aromatic heterocycles. The fourth-order valence-corrected chi connectivity index (χ4v) is 4.13. The highest BCUT2D eigenvalue weighted by Gasteiger charge is 2.44. The summed E-state index contributed by atoms with van der Waals surface area (Å²) in [5.41, 5.74) is 4.23. The van der Waals surface area contributed by atoms with Gasteiger partial charge in [0.2, 0.25) is 17.6 Å². The number of aromatic nitrogens is 5. The quantitative estimate of drug-likeness (QED) is 0.413. The van der Waals surface area contributed by atoms with Crippen LogP contribution in [-0.4, -0.2) is 38.1 Å². The maximum absolute atomic E-state index is 12.9. The van der Waals surface area contributed by atoms with Crippen LogP contribution in [0.3, 0.4) is 0 Å². The molecule has 0 saturated heterocycles. The van der Waals surface area contributed by atoms with E-state index in [1.807, 2.05) is 61.5 Å². The summed E-state index contributed by atoms with van der Waals surface area (Å²) in [6.07, 6.45) is 2.54. The third kappa shape index (κ3) is 4.56. The number of rotatable bonds is 7. The first kappa shape index (κ1) is 21.1. The second kappa shape index (κ2) is 8.99. The number of hydrogen-bond donors (Lipinski definition) is 2. The van der Waals surface area contributed by atoms with Crippen molar-refractivity contribution in [3.05, 3.63) is 71.4 Å². The first-order valence-corrected chi connectivity index (χ1v) is 11.0. The summed E-state index contributed by atoms with van der Waals surface area (Å²) in [7, 11) is 0. The molecule has 0 radical (unpaired) electrons. The van der Waals surface area contributed by atoms with Gasteiger partial charge in [0.15, 0.2) is 0 Å². The molecule has 1 fully saturated rings. The number of carbonyl (C=O) groups is 1. The number of nitrogens with one attached hydrogen (secondary N) is 2. The molecular weight excluding hydrogens is 440 g/mol. The summed E-state index contributed by atoms with van der Waals surface area (Å²) in [6.45, 7) is 2.46. The van der Waals surface area contributed by atoms with Crippen molar-refractivity contribution in [3.8, 4) is 28.4 Å². The lowest BCUT2D eigenvalue weighted by atomic mass is 9.99. The number of ether oxygens (including phenoxy) is 1. The number of carbonyl (C=O) groups excluding carboxylic acids is 1. The van der Waals surface area contributed by atoms with E-state index in [2.05, 4.69) is 30.9 Å². The number of nitrogens with zero attached hydrogens (tertiary/aromatic N) is 4. The number of halogens is 1. The van der Waals surface area contributed by atoms with Gasteiger partial charge in [0.1, 0.15) is 0 Å². The molecule has 1 amide bonds. The van der Waals surface area contributed by atoms with Crippen LogP contribution in [0.1, 0.15) is 24.8 Å². The van der Waals surface area contributed by atoms with E-state index >= 15 is 0 Å². The van der Waals surface area contributed by atoms with Gasteiger partial charge in [0, 0.05) is 40.0 Å². The van der Waals surface area contributed by atoms with Crippen molar-refractivity contribution in [2.45, 2.75) is 19.3 Å². The maximum Gasteiger partial charge on any atom is 0.228 e. The average Bonchev–Trinajstić information content (AvgIpc) is 3.45. The van der Waals surface area contributed by atoms with E-state index in [1.54, 1.807) is 6.20 Å². The lowest BCUT2D eigenvalue weighted by Gasteiger charge is -2.11. The Bertz CT molecular complexity index is 1280. The predicted molar refractivity (Wildman–Crippen MR) is 125 cm³/mol. The van der Waals surface area contributed by atoms with E-state index in [4.69, 9.17) is 16.3 Å². The van der Waals surface area contributed by atoms with Gasteiger partial charge in [-0.15, -0.1) is 10.2 Å². The van der Waals surface area contributed by atoms with E-state index in [-0.39, 0.29) is 17.7 Å². The fourth-order valence-electron chi connectivity index (χ4n) is 3.93. The van der Waals surface area contributed by atoms with Gasteiger partial charge < -0.3 is 10.1 Å². The lowest BCUT2D eigenvalue weighted by molar-refractivity contribution is -0.117. The van der Waals surface area contributed by atoms with Crippen LogP contribution in [0.15, 0.2) is 60.8 Å². The van der Waals surface area contributed by atoms with Crippen molar-refractivity contribution in [1.29, 1.82) is 0 Å². The zero-order chi connectivity index (χ0) is 22.8. The maximum atomic E-state index is 12.9. The number of pyridine rings is 1. The van der Waals surface area contributed by atoms with Crippen molar-refractivity contribution in [2.75, 3.05) is 11.9 Å². The molecule has 5 rings (SSSR count). The smallest absolute Gasteiger partial charge is 0.228 e. The van der Waals surface area contributed by atoms with E-state index < -0.39 is 0 Å². The van der Waals surface area contributed by atoms with Gasteiger partial charge in [-0.2, -0.15) is 5.21 Å². The van der Waals surface area contributed by atoms with Gasteiger partial charge in [0.05, 0.1) is 6.61 Å². The van der Waals surface area contributed by atoms with Crippen LogP contribution in [0.5, 0.6) is 5.88 Å². The molecule has 0 unspecified atom stereocenters. The highest BCUT2D eigenvalue weighted by Crippen LogP contribution is 2.48. The van der Waals surface area contributed by atoms with Gasteiger partial charge >= 0.3 is 0 Å². The van der Waals surface area contributed by atoms with E-state index in [0.29, 0.717) is 29.0 Å². The van der Waals surface area contributed by atoms with Crippen LogP contribution in [0.25, 0.3) is 22.5 Å². The number of amides is 1. The molecule has 0 spiro atoms. The zero-order valence-corrected chi connectivity index (χ0v) is 18.6. The van der Waals surface area contributed by atoms with Crippen molar-refractivity contribution >= 4 is 23.2 Å². The number of aromatic amines is 1. The largest absolute Gasteiger partial charge is 0.478 e. The molecule has 0 bridgehead atoms. The normalized spacial score (nSPS) is 16.9. The van der Waals surface area contributed by atoms with E-state index in [9.17, 15) is 4.79 Å². The zero-order valence-electron chi connectivity index (χ0n) is 17.8. The van der Waals surface area contributed by atoms with Gasteiger partial charge in [-0.05, 0) is 65.9 Å². The molecule has 2 N–H and O–H groups in total. The SMILES string of the molecule is CCOc1ccc(-c2ccc(NC(=O)[C@@H]3C[C@H]3c3cccc(Cl)c3)cc2-c2nn[nH]n2)cn1. The second-order valence-electron chi connectivity index (χ2n) is 7.81. The molecule has 9 heteroatoms. The minimum Gasteiger partial charge on any atom is -0.478 e. The molecule has 1 aliphatic rings. The van der Waals surface area contributed by atoms with Crippen molar-refractivity contribution < 1.29 is 9.53 Å². The van der Waals surface area contributed by atoms with Crippen molar-refractivity contribution in [1.82, 2.24) is 25.6 Å². The highest BCUT2D eigenvalue weighted by molar-refractivity contribution is 6.30. The monoisotopic (exact) mass is 460 g/mol. The summed E-state index contributed by atoms with van der Waals surface area (Å²) >= 11 is 6.10. The minimum atomic E-state index is -0.0768. The Labute approximate surface area is 195 Å². The average molecular weight is 461 g/mol. The van der Waals surface area contributed by atoms with Crippen LogP contribution in [-0.2, 0) is 4.79 Å². The molecule has 1 aliphatic carbocycles. The van der Waals surface area contributed by atoms with Crippen LogP contribution in [0, 0.1) is 5.92 Å². The molecule has 1 saturated carbocycles. The Balaban J connectivity index is 1.38. The number of tetrazole rings is 1. The Morgan fingerprint density at radius 1 is 1.18 bits per heavy atom. The van der Waals surface area contributed by atoms with Gasteiger partial charge in [0.25, 0.3) is 0 Å². The summed E-state index contributed by atoms with van der Waals surface area (Å²) in [4.78, 5) is 17.2. The third-order valence-corrected chi connectivity index (χ3v) is 5.85. The Hall–Kier alpha value is -3.78. The van der Waals surface area contributed by atoms with Crippen LogP contribution in [0.4, 0.5) is 5.69 Å². The first-order valence-electron chi connectivity index (χ1n) is 10.7. The molecule has 2 atom stereocenters. The summed E-state index contributed by atoms with van der Waals surface area (Å²) in [5, 5.41) is 18.1. The molecule has 8 nitrogen and oxygen atoms in total. The topological polar surface area (TPSA) is 106 Å². The number of benzene rings is 2. The van der Waals surface area contributed by atoms with Gasteiger partial charge in [-0.3, -0.25) is 4.79 Å². The number of anilines is 1. The summed E-state index contributed by atoms with van der Waals surface area (Å²) < 4.78 is 5.43. The predicted octanol–water partition coefficient (Wildman–Crippen LogP) is 4.72. The molecule has 166 valence electrons. The van der Waals surface area contributed by atoms with E-state index in [1.165, 1.54) is 0 Å². The van der Waals surface area contributed by atoms with Crippen molar-refractivity contribution in [2.24, 2.45) is 5.92 Å². The third-order valence-electron chi connectivity index (χ3n) is 5.62. The van der Waals surface area contributed by atoms with E-state index in [0.717, 1.165) is 28.7 Å². The molecule has 33 heavy (non-hydrogen) atoms. The highest BCUT2D eigenvalue weighted by atomic mass is 35.5. The molecule has 0 aliphatic heterocycles. The number of H-pyrrole nitrogens is 1. The lowest BCUT2D eigenvalue weighted by Crippen LogP contribution is -2.14. The van der Waals surface area contributed by atoms with Crippen LogP contribution >= 0.6 is 11.6 Å². The minimum absolute atomic E-state index is 0.0190. The number of hydrogen-bond acceptors (Lipinski definition) is 6. The second-order valence-corrected chi connectivity index (χ2v) is 8.24. The Morgan fingerprint density at radius 2 is 2.09 bits per heavy atom. The summed E-state index contributed by atoms with van der Waals surface area (Å²) in [5.74, 6) is 1.08. The Morgan fingerprint density at radius 3 is 2.82 bits per heavy atom. The van der Waals surface area contributed by atoms with Crippen LogP contribution < -0.4 is 10.1 Å². The molecule has 2 heterocycles. The van der Waals surface area contributed by atoms with Gasteiger partial charge in [-0.25, -0.2) is 4.98 Å². The first-order chi connectivity index (χ1) is 16.1. The summed E-state index contributed by atoms with van der Waals surface area (Å²) in [6, 6.07) is 17.1. The molecule has 2 aromatic carbocycles. The van der Waals surface area contributed by atoms with Crippen LogP contribution in [0.2, 0.25) is 5.02 Å². The Kier molecular flexibility index (Phi) is 5.75. The fraction of sp³-hybridized carbons (Fsp3) is 0.208. The molecule has 4 aromatic rings. The van der Waals surface area contributed by atoms with Crippen molar-refractivity contribution in [3.63, 3.8) is 0 Å². The standard InChI is InChI=1S/C24H21ClN6O2/c1-2-33-22-9-6-15(13-26-22)18-8-7-17(11-20(18)23-28-30-31-29-23)27-24(32)21-12-19(21)14-4-3-5-16(25)10-14/h3-11,13,19,21H,2,12H2,1H3,(H,27,32)(H,28,29,30,31)/t19-,21+/m0/s1. The molecular formula is C24H21ClN6O2.